The highest BCUT2D eigenvalue weighted by atomic mass is 16.6. The van der Waals surface area contributed by atoms with Crippen molar-refractivity contribution in [1.29, 1.82) is 0 Å². The molecule has 1 aliphatic rings. The fourth-order valence-corrected chi connectivity index (χ4v) is 1.91. The molecule has 0 aromatic heterocycles. The van der Waals surface area contributed by atoms with Crippen LogP contribution in [0.1, 0.15) is 12.5 Å². The maximum absolute atomic E-state index is 11.7. The minimum atomic E-state index is -0.431. The zero-order chi connectivity index (χ0) is 12.3. The lowest BCUT2D eigenvalue weighted by molar-refractivity contribution is 0.0968. The number of carbonyl (C=O) groups excluding carboxylic acids is 1. The van der Waals surface area contributed by atoms with Crippen LogP contribution in [0, 0.1) is 5.92 Å². The van der Waals surface area contributed by atoms with Crippen LogP contribution >= 0.6 is 0 Å². The van der Waals surface area contributed by atoms with Crippen LogP contribution in [0.15, 0.2) is 30.3 Å². The first-order valence-corrected chi connectivity index (χ1v) is 5.80. The summed E-state index contributed by atoms with van der Waals surface area (Å²) in [5.74, 6) is 0.124. The smallest absolute Gasteiger partial charge is 0.410 e. The molecule has 1 heterocycles. The van der Waals surface area contributed by atoms with Crippen LogP contribution in [0.25, 0.3) is 0 Å². The van der Waals surface area contributed by atoms with Crippen molar-refractivity contribution >= 4 is 6.09 Å². The van der Waals surface area contributed by atoms with Gasteiger partial charge in [-0.2, -0.15) is 0 Å². The number of hydrogen-bond donors (Lipinski definition) is 1. The van der Waals surface area contributed by atoms with Gasteiger partial charge in [0.25, 0.3) is 0 Å². The molecule has 1 aliphatic heterocycles. The monoisotopic (exact) mass is 235 g/mol. The fraction of sp³-hybridized carbons (Fsp3) is 0.462. The van der Waals surface area contributed by atoms with E-state index >= 15 is 0 Å². The summed E-state index contributed by atoms with van der Waals surface area (Å²) in [6.07, 6.45) is -0.781. The Labute approximate surface area is 101 Å². The van der Waals surface area contributed by atoms with Crippen molar-refractivity contribution in [2.24, 2.45) is 5.92 Å². The number of carbonyl (C=O) groups is 1. The van der Waals surface area contributed by atoms with Crippen molar-refractivity contribution in [3.05, 3.63) is 35.9 Å². The van der Waals surface area contributed by atoms with E-state index in [4.69, 9.17) is 4.74 Å². The Morgan fingerprint density at radius 1 is 1.41 bits per heavy atom. The molecule has 0 bridgehead atoms. The number of aliphatic hydroxyl groups excluding tert-OH is 1. The fourth-order valence-electron chi connectivity index (χ4n) is 1.91. The molecule has 1 aromatic carbocycles. The Balaban J connectivity index is 1.82. The van der Waals surface area contributed by atoms with Gasteiger partial charge in [0.1, 0.15) is 6.61 Å². The second-order valence-corrected chi connectivity index (χ2v) is 4.49. The van der Waals surface area contributed by atoms with Gasteiger partial charge in [-0.15, -0.1) is 0 Å². The maximum atomic E-state index is 11.7. The number of likely N-dealkylation sites (tertiary alicyclic amines) is 1. The Hall–Kier alpha value is -1.55. The van der Waals surface area contributed by atoms with Gasteiger partial charge >= 0.3 is 6.09 Å². The van der Waals surface area contributed by atoms with E-state index < -0.39 is 6.10 Å². The third-order valence-corrected chi connectivity index (χ3v) is 3.04. The molecule has 1 aromatic rings. The van der Waals surface area contributed by atoms with Gasteiger partial charge in [-0.3, -0.25) is 0 Å². The number of amides is 1. The third kappa shape index (κ3) is 2.97. The second-order valence-electron chi connectivity index (χ2n) is 4.49. The highest BCUT2D eigenvalue weighted by molar-refractivity contribution is 5.68. The highest BCUT2D eigenvalue weighted by Crippen LogP contribution is 2.17. The topological polar surface area (TPSA) is 49.8 Å². The lowest BCUT2D eigenvalue weighted by Gasteiger charge is -2.15. The average molecular weight is 235 g/mol. The molecular weight excluding hydrogens is 218 g/mol. The van der Waals surface area contributed by atoms with Crippen LogP contribution in [-0.4, -0.2) is 35.3 Å². The molecule has 92 valence electrons. The molecule has 2 rings (SSSR count). The van der Waals surface area contributed by atoms with Crippen molar-refractivity contribution in [2.45, 2.75) is 19.6 Å². The molecule has 0 radical (unpaired) electrons. The Morgan fingerprint density at radius 3 is 2.71 bits per heavy atom. The molecular formula is C13H17NO3. The number of aliphatic hydroxyl groups is 1. The SMILES string of the molecule is C[C@@H]1CN(C(=O)OCc2ccccc2)C[C@H]1O. The van der Waals surface area contributed by atoms with Crippen molar-refractivity contribution < 1.29 is 14.6 Å². The normalized spacial score (nSPS) is 23.8. The van der Waals surface area contributed by atoms with Gasteiger partial charge in [-0.05, 0) is 5.56 Å². The number of benzene rings is 1. The van der Waals surface area contributed by atoms with Gasteiger partial charge in [0.15, 0.2) is 0 Å². The van der Waals surface area contributed by atoms with E-state index in [0.717, 1.165) is 5.56 Å². The molecule has 2 atom stereocenters. The molecule has 1 saturated heterocycles. The van der Waals surface area contributed by atoms with E-state index in [0.29, 0.717) is 13.1 Å². The molecule has 1 amide bonds. The minimum Gasteiger partial charge on any atom is -0.445 e. The maximum Gasteiger partial charge on any atom is 0.410 e. The van der Waals surface area contributed by atoms with E-state index in [9.17, 15) is 9.90 Å². The van der Waals surface area contributed by atoms with Crippen LogP contribution in [0.3, 0.4) is 0 Å². The predicted molar refractivity (Wildman–Crippen MR) is 63.4 cm³/mol. The molecule has 0 spiro atoms. The van der Waals surface area contributed by atoms with E-state index in [1.165, 1.54) is 0 Å². The Bertz CT molecular complexity index is 370. The first-order valence-electron chi connectivity index (χ1n) is 5.80. The van der Waals surface area contributed by atoms with E-state index in [-0.39, 0.29) is 18.6 Å². The third-order valence-electron chi connectivity index (χ3n) is 3.04. The van der Waals surface area contributed by atoms with Gasteiger partial charge in [0.2, 0.25) is 0 Å². The van der Waals surface area contributed by atoms with E-state index in [1.54, 1.807) is 4.90 Å². The summed E-state index contributed by atoms with van der Waals surface area (Å²) >= 11 is 0. The number of hydrogen-bond acceptors (Lipinski definition) is 3. The van der Waals surface area contributed by atoms with E-state index in [1.807, 2.05) is 37.3 Å². The van der Waals surface area contributed by atoms with Gasteiger partial charge in [0, 0.05) is 12.5 Å². The van der Waals surface area contributed by atoms with Gasteiger partial charge in [0.05, 0.1) is 12.6 Å². The predicted octanol–water partition coefficient (Wildman–Crippen LogP) is 1.64. The lowest BCUT2D eigenvalue weighted by Crippen LogP contribution is -2.30. The van der Waals surface area contributed by atoms with Crippen LogP contribution in [0.5, 0.6) is 0 Å². The van der Waals surface area contributed by atoms with Crippen LogP contribution in [0.2, 0.25) is 0 Å². The van der Waals surface area contributed by atoms with Crippen LogP contribution < -0.4 is 0 Å². The van der Waals surface area contributed by atoms with Gasteiger partial charge in [-0.1, -0.05) is 37.3 Å². The first-order chi connectivity index (χ1) is 8.16. The quantitative estimate of drug-likeness (QED) is 0.847. The molecule has 1 N–H and O–H groups in total. The van der Waals surface area contributed by atoms with Crippen LogP contribution in [0.4, 0.5) is 4.79 Å². The zero-order valence-corrected chi connectivity index (χ0v) is 9.87. The molecule has 4 nitrogen and oxygen atoms in total. The van der Waals surface area contributed by atoms with Crippen molar-refractivity contribution in [3.8, 4) is 0 Å². The van der Waals surface area contributed by atoms with Gasteiger partial charge in [-0.25, -0.2) is 4.79 Å². The summed E-state index contributed by atoms with van der Waals surface area (Å²) in [4.78, 5) is 13.3. The number of β-amino-alcohol motifs (C(OH)–C–C–N with tert-alkyl or cyclic N) is 1. The standard InChI is InChI=1S/C13H17NO3/c1-10-7-14(8-12(10)15)13(16)17-9-11-5-3-2-4-6-11/h2-6,10,12,15H,7-9H2,1H3/t10-,12-/m1/s1. The van der Waals surface area contributed by atoms with Gasteiger partial charge < -0.3 is 14.7 Å². The summed E-state index contributed by atoms with van der Waals surface area (Å²) in [5, 5.41) is 9.55. The number of ether oxygens (including phenoxy) is 1. The Morgan fingerprint density at radius 2 is 2.12 bits per heavy atom. The summed E-state index contributed by atoms with van der Waals surface area (Å²) in [5.41, 5.74) is 0.966. The largest absolute Gasteiger partial charge is 0.445 e. The van der Waals surface area contributed by atoms with Crippen LogP contribution in [-0.2, 0) is 11.3 Å². The molecule has 17 heavy (non-hydrogen) atoms. The van der Waals surface area contributed by atoms with Crippen molar-refractivity contribution in [3.63, 3.8) is 0 Å². The minimum absolute atomic E-state index is 0.124. The summed E-state index contributed by atoms with van der Waals surface area (Å²) in [6.45, 7) is 3.14. The average Bonchev–Trinajstić information content (AvgIpc) is 2.68. The molecule has 1 fully saturated rings. The number of nitrogens with zero attached hydrogens (tertiary/aromatic N) is 1. The summed E-state index contributed by atoms with van der Waals surface area (Å²) < 4.78 is 5.18. The molecule has 4 heteroatoms. The lowest BCUT2D eigenvalue weighted by atomic mass is 10.1. The van der Waals surface area contributed by atoms with Crippen molar-refractivity contribution in [1.82, 2.24) is 4.90 Å². The van der Waals surface area contributed by atoms with E-state index in [2.05, 4.69) is 0 Å². The highest BCUT2D eigenvalue weighted by Gasteiger charge is 2.31. The number of rotatable bonds is 2. The molecule has 0 aliphatic carbocycles. The Kier molecular flexibility index (Phi) is 3.64. The summed E-state index contributed by atoms with van der Waals surface area (Å²) in [6, 6.07) is 9.56. The second kappa shape index (κ2) is 5.19. The first kappa shape index (κ1) is 11.9. The summed E-state index contributed by atoms with van der Waals surface area (Å²) in [7, 11) is 0. The van der Waals surface area contributed by atoms with Crippen molar-refractivity contribution in [2.75, 3.05) is 13.1 Å². The zero-order valence-electron chi connectivity index (χ0n) is 9.87. The molecule has 0 unspecified atom stereocenters. The molecule has 0 saturated carbocycles.